The maximum atomic E-state index is 2.56. The Morgan fingerprint density at radius 2 is 1.28 bits per heavy atom. The summed E-state index contributed by atoms with van der Waals surface area (Å²) in [5.41, 5.74) is 16.5. The molecule has 6 unspecified atom stereocenters. The highest BCUT2D eigenvalue weighted by molar-refractivity contribution is 7.25. The van der Waals surface area contributed by atoms with Gasteiger partial charge in [-0.2, -0.15) is 0 Å². The van der Waals surface area contributed by atoms with Crippen LogP contribution >= 0.6 is 11.3 Å². The molecule has 0 amide bonds. The fourth-order valence-electron chi connectivity index (χ4n) is 13.0. The summed E-state index contributed by atoms with van der Waals surface area (Å²) < 4.78 is 2.65. The number of hydrogen-bond acceptors (Lipinski definition) is 2. The lowest BCUT2D eigenvalue weighted by molar-refractivity contribution is -0.0103. The van der Waals surface area contributed by atoms with Crippen LogP contribution in [0.3, 0.4) is 0 Å². The van der Waals surface area contributed by atoms with Gasteiger partial charge < -0.3 is 4.90 Å². The van der Waals surface area contributed by atoms with Gasteiger partial charge in [0.1, 0.15) is 0 Å². The van der Waals surface area contributed by atoms with E-state index < -0.39 is 0 Å². The van der Waals surface area contributed by atoms with Crippen molar-refractivity contribution < 1.29 is 0 Å². The van der Waals surface area contributed by atoms with Crippen molar-refractivity contribution in [3.05, 3.63) is 204 Å². The predicted molar refractivity (Wildman–Crippen MR) is 258 cm³/mol. The number of allylic oxidation sites excluding steroid dienone is 3. The van der Waals surface area contributed by atoms with E-state index in [-0.39, 0.29) is 5.41 Å². The van der Waals surface area contributed by atoms with Crippen LogP contribution in [0.25, 0.3) is 53.6 Å². The minimum absolute atomic E-state index is 0.199. The third kappa shape index (κ3) is 5.71. The molecule has 0 N–H and O–H groups in total. The molecule has 1 nitrogen and oxygen atoms in total. The first kappa shape index (κ1) is 35.8. The molecular formula is C59H49NS. The third-order valence-electron chi connectivity index (χ3n) is 15.8. The summed E-state index contributed by atoms with van der Waals surface area (Å²) in [4.78, 5) is 2.45. The number of nitrogens with zero attached hydrogens (tertiary/aromatic N) is 1. The monoisotopic (exact) mass is 803 g/mol. The van der Waals surface area contributed by atoms with Gasteiger partial charge in [-0.1, -0.05) is 146 Å². The van der Waals surface area contributed by atoms with E-state index in [0.717, 1.165) is 30.1 Å². The van der Waals surface area contributed by atoms with Crippen molar-refractivity contribution in [2.45, 2.75) is 56.3 Å². The Morgan fingerprint density at radius 3 is 2.18 bits per heavy atom. The summed E-state index contributed by atoms with van der Waals surface area (Å²) >= 11 is 1.88. The fraction of sp³-hybridized carbons (Fsp3) is 0.220. The zero-order valence-electron chi connectivity index (χ0n) is 34.5. The quantitative estimate of drug-likeness (QED) is 0.162. The van der Waals surface area contributed by atoms with Crippen molar-refractivity contribution in [2.24, 2.45) is 23.7 Å². The molecule has 5 aliphatic carbocycles. The first-order valence-electron chi connectivity index (χ1n) is 22.8. The minimum Gasteiger partial charge on any atom is -0.311 e. The highest BCUT2D eigenvalue weighted by atomic mass is 32.1. The lowest BCUT2D eigenvalue weighted by Crippen LogP contribution is -2.50. The van der Waals surface area contributed by atoms with E-state index >= 15 is 0 Å². The summed E-state index contributed by atoms with van der Waals surface area (Å²) in [5.74, 6) is 3.89. The zero-order valence-corrected chi connectivity index (χ0v) is 35.3. The molecule has 61 heavy (non-hydrogen) atoms. The van der Waals surface area contributed by atoms with Crippen LogP contribution in [0, 0.1) is 23.7 Å². The second-order valence-electron chi connectivity index (χ2n) is 18.8. The van der Waals surface area contributed by atoms with Crippen LogP contribution in [0.4, 0.5) is 11.4 Å². The molecule has 7 aromatic carbocycles. The smallest absolute Gasteiger partial charge is 0.0475 e. The van der Waals surface area contributed by atoms with Crippen LogP contribution in [0.1, 0.15) is 67.6 Å². The molecule has 3 fully saturated rings. The van der Waals surface area contributed by atoms with E-state index in [1.54, 1.807) is 11.1 Å². The van der Waals surface area contributed by atoms with Gasteiger partial charge in [-0.15, -0.1) is 11.3 Å². The summed E-state index contributed by atoms with van der Waals surface area (Å²) in [6.45, 7) is 0. The van der Waals surface area contributed by atoms with E-state index in [9.17, 15) is 0 Å². The number of hydrogen-bond donors (Lipinski definition) is 0. The zero-order chi connectivity index (χ0) is 40.1. The van der Waals surface area contributed by atoms with Crippen LogP contribution in [0.2, 0.25) is 0 Å². The Hall–Kier alpha value is -5.96. The molecule has 3 bridgehead atoms. The third-order valence-corrected chi connectivity index (χ3v) is 16.9. The molecule has 13 rings (SSSR count). The second kappa shape index (κ2) is 14.0. The number of anilines is 2. The largest absolute Gasteiger partial charge is 0.311 e. The number of thiophene rings is 1. The normalized spacial score (nSPS) is 24.5. The van der Waals surface area contributed by atoms with Gasteiger partial charge in [-0.05, 0) is 155 Å². The second-order valence-corrected chi connectivity index (χ2v) is 19.9. The maximum absolute atomic E-state index is 2.56. The molecule has 1 spiro atoms. The van der Waals surface area contributed by atoms with Crippen molar-refractivity contribution in [3.63, 3.8) is 0 Å². The standard InChI is InChI=1S/C59H49NS/c1-2-9-39(10-3-1)40-19-24-48(25-20-40)60(50-28-29-53-52-14-5-7-16-57(52)61-58(53)36-50)49-26-21-41(22-27-49)42-11-8-12-43(33-42)44-23-30-56-54(35-44)51-13-4-6-15-55(51)59(56)37-45-18-17-38-31-46(45)34-47(59)32-38/h1-16,19-21,23-30,33,35-36,38,41,45-47H,17-18,22,31-32,34,37H2. The molecule has 0 aliphatic heterocycles. The lowest BCUT2D eigenvalue weighted by Gasteiger charge is -2.57. The highest BCUT2D eigenvalue weighted by Gasteiger charge is 2.57. The SMILES string of the molecule is C1=CC(c2cccc(-c3ccc4c(c3)-c3ccccc3C43CC4CCC5CC4CC3C5)c2)CC=C1N(c1ccc(-c2ccccc2)cc1)c1ccc2c(c1)sc1ccccc12. The van der Waals surface area contributed by atoms with Gasteiger partial charge in [0, 0.05) is 48.6 Å². The number of benzene rings is 7. The molecular weight excluding hydrogens is 755 g/mol. The molecule has 2 heteroatoms. The Kier molecular flexibility index (Phi) is 8.23. The van der Waals surface area contributed by atoms with Crippen molar-refractivity contribution in [1.29, 1.82) is 0 Å². The Morgan fingerprint density at radius 1 is 0.525 bits per heavy atom. The van der Waals surface area contributed by atoms with E-state index in [1.807, 2.05) is 11.3 Å². The Bertz CT molecular complexity index is 3060. The molecule has 1 aromatic heterocycles. The van der Waals surface area contributed by atoms with Gasteiger partial charge in [0.25, 0.3) is 0 Å². The summed E-state index contributed by atoms with van der Waals surface area (Å²) in [6, 6.07) is 62.0. The topological polar surface area (TPSA) is 3.24 Å². The maximum Gasteiger partial charge on any atom is 0.0475 e. The molecule has 0 saturated heterocycles. The van der Waals surface area contributed by atoms with Gasteiger partial charge in [0.15, 0.2) is 0 Å². The van der Waals surface area contributed by atoms with Crippen LogP contribution in [-0.4, -0.2) is 0 Å². The number of rotatable bonds is 6. The van der Waals surface area contributed by atoms with Crippen LogP contribution in [-0.2, 0) is 5.41 Å². The number of fused-ring (bicyclic) bond motifs is 11. The van der Waals surface area contributed by atoms with Gasteiger partial charge >= 0.3 is 0 Å². The van der Waals surface area contributed by atoms with E-state index in [0.29, 0.717) is 5.92 Å². The molecule has 1 heterocycles. The predicted octanol–water partition coefficient (Wildman–Crippen LogP) is 16.3. The Labute approximate surface area is 363 Å². The van der Waals surface area contributed by atoms with Crippen molar-refractivity contribution >= 4 is 42.9 Å². The average molecular weight is 804 g/mol. The van der Waals surface area contributed by atoms with Crippen molar-refractivity contribution in [2.75, 3.05) is 4.90 Å². The van der Waals surface area contributed by atoms with E-state index in [4.69, 9.17) is 0 Å². The first-order chi connectivity index (χ1) is 30.2. The van der Waals surface area contributed by atoms with Gasteiger partial charge in [0.2, 0.25) is 0 Å². The van der Waals surface area contributed by atoms with Gasteiger partial charge in [-0.25, -0.2) is 0 Å². The van der Waals surface area contributed by atoms with Gasteiger partial charge in [0.05, 0.1) is 0 Å². The van der Waals surface area contributed by atoms with Crippen LogP contribution in [0.15, 0.2) is 188 Å². The molecule has 0 radical (unpaired) electrons. The fourth-order valence-corrected chi connectivity index (χ4v) is 14.1. The summed E-state index contributed by atoms with van der Waals surface area (Å²) in [7, 11) is 0. The summed E-state index contributed by atoms with van der Waals surface area (Å²) in [5, 5.41) is 2.66. The van der Waals surface area contributed by atoms with E-state index in [1.165, 1.54) is 115 Å². The highest BCUT2D eigenvalue weighted by Crippen LogP contribution is 2.66. The molecule has 6 atom stereocenters. The van der Waals surface area contributed by atoms with Crippen molar-refractivity contribution in [3.8, 4) is 33.4 Å². The molecule has 3 saturated carbocycles. The lowest BCUT2D eigenvalue weighted by atomic mass is 9.47. The molecule has 8 aromatic rings. The van der Waals surface area contributed by atoms with Gasteiger partial charge in [-0.3, -0.25) is 0 Å². The average Bonchev–Trinajstić information content (AvgIpc) is 3.83. The molecule has 5 aliphatic rings. The molecule has 296 valence electrons. The van der Waals surface area contributed by atoms with Crippen molar-refractivity contribution in [1.82, 2.24) is 0 Å². The minimum atomic E-state index is 0.199. The summed E-state index contributed by atoms with van der Waals surface area (Å²) in [6.07, 6.45) is 16.8. The van der Waals surface area contributed by atoms with Crippen LogP contribution in [0.5, 0.6) is 0 Å². The van der Waals surface area contributed by atoms with E-state index in [2.05, 4.69) is 187 Å². The van der Waals surface area contributed by atoms with Crippen LogP contribution < -0.4 is 4.90 Å². The Balaban J connectivity index is 0.823. The first-order valence-corrected chi connectivity index (χ1v) is 23.6.